The van der Waals surface area contributed by atoms with Crippen LogP contribution in [0.4, 0.5) is 0 Å². The van der Waals surface area contributed by atoms with E-state index < -0.39 is 10.0 Å². The molecule has 18 heavy (non-hydrogen) atoms. The molecule has 0 aliphatic heterocycles. The number of aromatic nitrogens is 2. The van der Waals surface area contributed by atoms with Crippen molar-refractivity contribution in [1.29, 1.82) is 0 Å². The van der Waals surface area contributed by atoms with Crippen LogP contribution >= 0.6 is 0 Å². The number of nitrogens with one attached hydrogen (secondary N) is 3. The quantitative estimate of drug-likeness (QED) is 0.639. The number of carbonyl (C=O) groups excluding carboxylic acids is 1. The summed E-state index contributed by atoms with van der Waals surface area (Å²) in [6.07, 6.45) is 2.66. The van der Waals surface area contributed by atoms with Crippen molar-refractivity contribution in [3.05, 3.63) is 12.0 Å². The van der Waals surface area contributed by atoms with Crippen LogP contribution in [-0.2, 0) is 21.2 Å². The second kappa shape index (κ2) is 6.50. The van der Waals surface area contributed by atoms with Gasteiger partial charge >= 0.3 is 0 Å². The summed E-state index contributed by atoms with van der Waals surface area (Å²) in [7, 11) is -3.70. The summed E-state index contributed by atoms with van der Waals surface area (Å²) in [5.74, 6) is 0.237. The van der Waals surface area contributed by atoms with E-state index in [4.69, 9.17) is 0 Å². The third kappa shape index (κ3) is 4.11. The van der Waals surface area contributed by atoms with Gasteiger partial charge in [-0.1, -0.05) is 13.8 Å². The molecule has 0 saturated heterocycles. The lowest BCUT2D eigenvalue weighted by Crippen LogP contribution is -2.37. The fourth-order valence-corrected chi connectivity index (χ4v) is 2.15. The first-order chi connectivity index (χ1) is 8.49. The predicted molar refractivity (Wildman–Crippen MR) is 66.5 cm³/mol. The van der Waals surface area contributed by atoms with Crippen molar-refractivity contribution in [3.8, 4) is 0 Å². The van der Waals surface area contributed by atoms with Crippen LogP contribution in [0.5, 0.6) is 0 Å². The van der Waals surface area contributed by atoms with E-state index in [1.165, 1.54) is 6.20 Å². The molecule has 1 aromatic heterocycles. The number of hydrogen-bond acceptors (Lipinski definition) is 4. The summed E-state index contributed by atoms with van der Waals surface area (Å²) in [6.45, 7) is 4.04. The molecule has 1 heterocycles. The average Bonchev–Trinajstić information content (AvgIpc) is 2.83. The molecule has 0 aliphatic carbocycles. The second-order valence-electron chi connectivity index (χ2n) is 3.72. The highest BCUT2D eigenvalue weighted by Gasteiger charge is 2.17. The molecule has 0 aliphatic rings. The standard InChI is InChI=1S/C10H18N4O3S/c1-3-5-11-9(15)6-13-18(16,17)10-7-12-8(4-2)14-10/h7,13H,3-6H2,1-2H3,(H,11,15)(H,12,14). The molecule has 102 valence electrons. The Morgan fingerprint density at radius 3 is 2.72 bits per heavy atom. The Morgan fingerprint density at radius 1 is 1.44 bits per heavy atom. The zero-order valence-corrected chi connectivity index (χ0v) is 11.3. The Kier molecular flexibility index (Phi) is 5.29. The Labute approximate surface area is 106 Å². The molecule has 0 unspecified atom stereocenters. The van der Waals surface area contributed by atoms with Gasteiger partial charge in [-0.25, -0.2) is 18.1 Å². The van der Waals surface area contributed by atoms with Crippen molar-refractivity contribution in [2.24, 2.45) is 0 Å². The van der Waals surface area contributed by atoms with E-state index in [2.05, 4.69) is 20.0 Å². The molecular weight excluding hydrogens is 256 g/mol. The summed E-state index contributed by atoms with van der Waals surface area (Å²) in [6, 6.07) is 0. The van der Waals surface area contributed by atoms with Gasteiger partial charge in [0, 0.05) is 13.0 Å². The van der Waals surface area contributed by atoms with Crippen LogP contribution in [-0.4, -0.2) is 37.4 Å². The van der Waals surface area contributed by atoms with E-state index in [0.29, 0.717) is 18.8 Å². The minimum Gasteiger partial charge on any atom is -0.355 e. The van der Waals surface area contributed by atoms with Crippen LogP contribution in [0.15, 0.2) is 11.2 Å². The molecule has 8 heteroatoms. The summed E-state index contributed by atoms with van der Waals surface area (Å²) in [5.41, 5.74) is 0. The molecule has 0 saturated carbocycles. The number of hydrogen-bond donors (Lipinski definition) is 3. The van der Waals surface area contributed by atoms with E-state index in [-0.39, 0.29) is 17.5 Å². The molecule has 0 bridgehead atoms. The fourth-order valence-electron chi connectivity index (χ4n) is 1.22. The number of amides is 1. The third-order valence-electron chi connectivity index (χ3n) is 2.22. The fraction of sp³-hybridized carbons (Fsp3) is 0.600. The van der Waals surface area contributed by atoms with Crippen LogP contribution in [0.3, 0.4) is 0 Å². The number of H-pyrrole nitrogens is 1. The lowest BCUT2D eigenvalue weighted by atomic mass is 10.5. The number of aromatic amines is 1. The van der Waals surface area contributed by atoms with Crippen molar-refractivity contribution in [3.63, 3.8) is 0 Å². The molecular formula is C10H18N4O3S. The van der Waals surface area contributed by atoms with Crippen molar-refractivity contribution >= 4 is 15.9 Å². The van der Waals surface area contributed by atoms with Gasteiger partial charge in [0.15, 0.2) is 5.03 Å². The normalized spacial score (nSPS) is 11.4. The van der Waals surface area contributed by atoms with Gasteiger partial charge in [0.05, 0.1) is 12.7 Å². The molecule has 7 nitrogen and oxygen atoms in total. The molecule has 0 radical (unpaired) electrons. The van der Waals surface area contributed by atoms with Gasteiger partial charge in [0.1, 0.15) is 5.82 Å². The zero-order valence-electron chi connectivity index (χ0n) is 10.5. The first-order valence-electron chi connectivity index (χ1n) is 5.79. The predicted octanol–water partition coefficient (Wildman–Crippen LogP) is -0.223. The summed E-state index contributed by atoms with van der Waals surface area (Å²) in [5, 5.41) is 2.56. The van der Waals surface area contributed by atoms with Crippen molar-refractivity contribution in [2.45, 2.75) is 31.7 Å². The summed E-state index contributed by atoms with van der Waals surface area (Å²) >= 11 is 0. The summed E-state index contributed by atoms with van der Waals surface area (Å²) in [4.78, 5) is 17.9. The smallest absolute Gasteiger partial charge is 0.258 e. The van der Waals surface area contributed by atoms with Crippen molar-refractivity contribution in [2.75, 3.05) is 13.1 Å². The number of nitrogens with zero attached hydrogens (tertiary/aromatic N) is 1. The van der Waals surface area contributed by atoms with E-state index in [9.17, 15) is 13.2 Å². The third-order valence-corrected chi connectivity index (χ3v) is 3.54. The summed E-state index contributed by atoms with van der Waals surface area (Å²) < 4.78 is 25.8. The highest BCUT2D eigenvalue weighted by Crippen LogP contribution is 2.05. The Hall–Kier alpha value is -1.41. The second-order valence-corrected chi connectivity index (χ2v) is 5.46. The van der Waals surface area contributed by atoms with Crippen molar-refractivity contribution < 1.29 is 13.2 Å². The number of imidazole rings is 1. The van der Waals surface area contributed by atoms with Crippen LogP contribution < -0.4 is 10.0 Å². The maximum Gasteiger partial charge on any atom is 0.258 e. The molecule has 0 spiro atoms. The number of rotatable bonds is 7. The van der Waals surface area contributed by atoms with Gasteiger partial charge in [-0.3, -0.25) is 4.79 Å². The van der Waals surface area contributed by atoms with E-state index >= 15 is 0 Å². The van der Waals surface area contributed by atoms with Gasteiger partial charge in [0.25, 0.3) is 10.0 Å². The van der Waals surface area contributed by atoms with Crippen LogP contribution in [0.25, 0.3) is 0 Å². The van der Waals surface area contributed by atoms with Gasteiger partial charge in [-0.2, -0.15) is 0 Å². The highest BCUT2D eigenvalue weighted by molar-refractivity contribution is 7.89. The van der Waals surface area contributed by atoms with Crippen molar-refractivity contribution in [1.82, 2.24) is 20.0 Å². The Bertz CT molecular complexity index is 495. The molecule has 0 atom stereocenters. The van der Waals surface area contributed by atoms with E-state index in [0.717, 1.165) is 6.42 Å². The minimum atomic E-state index is -3.70. The average molecular weight is 274 g/mol. The monoisotopic (exact) mass is 274 g/mol. The lowest BCUT2D eigenvalue weighted by molar-refractivity contribution is -0.119. The van der Waals surface area contributed by atoms with Crippen LogP contribution in [0.1, 0.15) is 26.1 Å². The van der Waals surface area contributed by atoms with Gasteiger partial charge in [-0.05, 0) is 6.42 Å². The molecule has 1 amide bonds. The van der Waals surface area contributed by atoms with Gasteiger partial charge in [-0.15, -0.1) is 0 Å². The number of sulfonamides is 1. The first kappa shape index (κ1) is 14.7. The zero-order chi connectivity index (χ0) is 13.6. The Morgan fingerprint density at radius 2 is 2.17 bits per heavy atom. The van der Waals surface area contributed by atoms with Gasteiger partial charge < -0.3 is 10.3 Å². The van der Waals surface area contributed by atoms with Gasteiger partial charge in [0.2, 0.25) is 5.91 Å². The maximum atomic E-state index is 11.8. The topological polar surface area (TPSA) is 104 Å². The van der Waals surface area contributed by atoms with Crippen LogP contribution in [0, 0.1) is 0 Å². The number of carbonyl (C=O) groups is 1. The largest absolute Gasteiger partial charge is 0.355 e. The lowest BCUT2D eigenvalue weighted by Gasteiger charge is -2.05. The van der Waals surface area contributed by atoms with E-state index in [1.807, 2.05) is 13.8 Å². The SMILES string of the molecule is CCCNC(=O)CNS(=O)(=O)c1cnc(CC)[nH]1. The molecule has 3 N–H and O–H groups in total. The maximum absolute atomic E-state index is 11.8. The molecule has 0 aromatic carbocycles. The molecule has 1 aromatic rings. The molecule has 0 fully saturated rings. The first-order valence-corrected chi connectivity index (χ1v) is 7.28. The van der Waals surface area contributed by atoms with Crippen LogP contribution in [0.2, 0.25) is 0 Å². The van der Waals surface area contributed by atoms with E-state index in [1.54, 1.807) is 0 Å². The minimum absolute atomic E-state index is 0.0253. The molecule has 1 rings (SSSR count). The Balaban J connectivity index is 2.57. The number of aryl methyl sites for hydroxylation is 1. The highest BCUT2D eigenvalue weighted by atomic mass is 32.2.